The molecule has 0 spiro atoms. The van der Waals surface area contributed by atoms with Crippen LogP contribution in [0.4, 0.5) is 0 Å². The van der Waals surface area contributed by atoms with Crippen molar-refractivity contribution in [2.45, 2.75) is 58.5 Å². The summed E-state index contributed by atoms with van der Waals surface area (Å²) in [5.74, 6) is 0.737. The summed E-state index contributed by atoms with van der Waals surface area (Å²) in [5, 5.41) is 3.83. The zero-order valence-electron chi connectivity index (χ0n) is 10.4. The van der Waals surface area contributed by atoms with Gasteiger partial charge in [0, 0.05) is 18.7 Å². The number of hydrogen-bond acceptors (Lipinski definition) is 2. The van der Waals surface area contributed by atoms with E-state index in [1.54, 1.807) is 0 Å². The normalized spacial score (nSPS) is 37.0. The number of hydrogen-bond donors (Lipinski definition) is 1. The molecule has 2 rings (SSSR count). The van der Waals surface area contributed by atoms with Crippen LogP contribution in [0.5, 0.6) is 0 Å². The second kappa shape index (κ2) is 4.42. The molecule has 1 aliphatic heterocycles. The highest BCUT2D eigenvalue weighted by Gasteiger charge is 2.36. The predicted molar refractivity (Wildman–Crippen MR) is 62.9 cm³/mol. The van der Waals surface area contributed by atoms with Crippen molar-refractivity contribution in [2.75, 3.05) is 13.2 Å². The Morgan fingerprint density at radius 2 is 2.13 bits per heavy atom. The van der Waals surface area contributed by atoms with Crippen LogP contribution < -0.4 is 5.32 Å². The molecule has 15 heavy (non-hydrogen) atoms. The third-order valence-corrected chi connectivity index (χ3v) is 4.39. The Bertz CT molecular complexity index is 209. The van der Waals surface area contributed by atoms with Crippen LogP contribution in [0.25, 0.3) is 0 Å². The van der Waals surface area contributed by atoms with E-state index in [1.807, 2.05) is 0 Å². The van der Waals surface area contributed by atoms with E-state index in [4.69, 9.17) is 4.74 Å². The first-order chi connectivity index (χ1) is 7.09. The standard InChI is InChI=1S/C13H25NO/c1-10(11-6-8-15-9-11)14-12-5-4-7-13(12,2)3/h10-12,14H,4-9H2,1-3H3. The predicted octanol–water partition coefficient (Wildman–Crippen LogP) is 2.58. The van der Waals surface area contributed by atoms with Crippen LogP contribution in [-0.4, -0.2) is 25.3 Å². The molecule has 1 heterocycles. The molecule has 2 fully saturated rings. The highest BCUT2D eigenvalue weighted by Crippen LogP contribution is 2.37. The third kappa shape index (κ3) is 2.54. The van der Waals surface area contributed by atoms with Crippen LogP contribution in [0.3, 0.4) is 0 Å². The molecule has 0 aromatic heterocycles. The minimum Gasteiger partial charge on any atom is -0.381 e. The van der Waals surface area contributed by atoms with Crippen molar-refractivity contribution >= 4 is 0 Å². The maximum atomic E-state index is 5.45. The van der Waals surface area contributed by atoms with Gasteiger partial charge in [0.2, 0.25) is 0 Å². The van der Waals surface area contributed by atoms with Crippen LogP contribution in [0, 0.1) is 11.3 Å². The quantitative estimate of drug-likeness (QED) is 0.774. The summed E-state index contributed by atoms with van der Waals surface area (Å²) >= 11 is 0. The highest BCUT2D eigenvalue weighted by atomic mass is 16.5. The molecule has 3 unspecified atom stereocenters. The van der Waals surface area contributed by atoms with Crippen molar-refractivity contribution in [3.63, 3.8) is 0 Å². The van der Waals surface area contributed by atoms with Gasteiger partial charge in [0.25, 0.3) is 0 Å². The van der Waals surface area contributed by atoms with Gasteiger partial charge in [-0.1, -0.05) is 20.3 Å². The summed E-state index contributed by atoms with van der Waals surface area (Å²) in [4.78, 5) is 0. The Kier molecular flexibility index (Phi) is 3.36. The number of ether oxygens (including phenoxy) is 1. The number of nitrogens with one attached hydrogen (secondary N) is 1. The highest BCUT2D eigenvalue weighted by molar-refractivity contribution is 4.92. The van der Waals surface area contributed by atoms with E-state index in [1.165, 1.54) is 25.7 Å². The van der Waals surface area contributed by atoms with Crippen molar-refractivity contribution in [3.05, 3.63) is 0 Å². The first-order valence-electron chi connectivity index (χ1n) is 6.43. The molecule has 88 valence electrons. The molecule has 2 heteroatoms. The van der Waals surface area contributed by atoms with E-state index in [2.05, 4.69) is 26.1 Å². The van der Waals surface area contributed by atoms with E-state index in [0.29, 0.717) is 17.5 Å². The van der Waals surface area contributed by atoms with Crippen molar-refractivity contribution in [1.82, 2.24) is 5.32 Å². The van der Waals surface area contributed by atoms with E-state index in [9.17, 15) is 0 Å². The molecule has 0 radical (unpaired) electrons. The van der Waals surface area contributed by atoms with Crippen molar-refractivity contribution in [2.24, 2.45) is 11.3 Å². The summed E-state index contributed by atoms with van der Waals surface area (Å²) in [5.41, 5.74) is 0.494. The Labute approximate surface area is 93.8 Å². The van der Waals surface area contributed by atoms with Crippen molar-refractivity contribution in [3.8, 4) is 0 Å². The Morgan fingerprint density at radius 1 is 1.33 bits per heavy atom. The van der Waals surface area contributed by atoms with Gasteiger partial charge < -0.3 is 10.1 Å². The van der Waals surface area contributed by atoms with Gasteiger partial charge in [0.05, 0.1) is 6.61 Å². The zero-order chi connectivity index (χ0) is 10.9. The zero-order valence-corrected chi connectivity index (χ0v) is 10.4. The second-order valence-electron chi connectivity index (χ2n) is 6.01. The van der Waals surface area contributed by atoms with Gasteiger partial charge in [0.1, 0.15) is 0 Å². The summed E-state index contributed by atoms with van der Waals surface area (Å²) in [7, 11) is 0. The Morgan fingerprint density at radius 3 is 2.67 bits per heavy atom. The third-order valence-electron chi connectivity index (χ3n) is 4.39. The lowest BCUT2D eigenvalue weighted by molar-refractivity contribution is 0.170. The molecular weight excluding hydrogens is 186 g/mol. The maximum Gasteiger partial charge on any atom is 0.0509 e. The summed E-state index contributed by atoms with van der Waals surface area (Å²) in [6.07, 6.45) is 5.35. The Hall–Kier alpha value is -0.0800. The molecule has 0 aromatic rings. The van der Waals surface area contributed by atoms with Gasteiger partial charge in [-0.05, 0) is 37.5 Å². The molecule has 1 saturated heterocycles. The smallest absolute Gasteiger partial charge is 0.0509 e. The molecule has 1 N–H and O–H groups in total. The molecule has 2 nitrogen and oxygen atoms in total. The first kappa shape index (κ1) is 11.4. The molecular formula is C13H25NO. The second-order valence-corrected chi connectivity index (χ2v) is 6.01. The summed E-state index contributed by atoms with van der Waals surface area (Å²) in [6, 6.07) is 1.34. The fraction of sp³-hybridized carbons (Fsp3) is 1.00. The van der Waals surface area contributed by atoms with Gasteiger partial charge in [-0.3, -0.25) is 0 Å². The summed E-state index contributed by atoms with van der Waals surface area (Å²) in [6.45, 7) is 9.05. The topological polar surface area (TPSA) is 21.3 Å². The fourth-order valence-electron chi connectivity index (χ4n) is 3.04. The van der Waals surface area contributed by atoms with Crippen LogP contribution in [0.2, 0.25) is 0 Å². The van der Waals surface area contributed by atoms with Gasteiger partial charge >= 0.3 is 0 Å². The summed E-state index contributed by atoms with van der Waals surface area (Å²) < 4.78 is 5.45. The molecule has 0 amide bonds. The van der Waals surface area contributed by atoms with E-state index in [0.717, 1.165) is 19.1 Å². The monoisotopic (exact) mass is 211 g/mol. The lowest BCUT2D eigenvalue weighted by atomic mass is 9.86. The van der Waals surface area contributed by atoms with Crippen molar-refractivity contribution < 1.29 is 4.74 Å². The van der Waals surface area contributed by atoms with Crippen molar-refractivity contribution in [1.29, 1.82) is 0 Å². The minimum atomic E-state index is 0.494. The molecule has 0 bridgehead atoms. The van der Waals surface area contributed by atoms with E-state index < -0.39 is 0 Å². The number of rotatable bonds is 3. The molecule has 0 aromatic carbocycles. The molecule has 2 aliphatic rings. The van der Waals surface area contributed by atoms with Gasteiger partial charge in [0.15, 0.2) is 0 Å². The SMILES string of the molecule is CC(NC1CCCC1(C)C)C1CCOC1. The van der Waals surface area contributed by atoms with Crippen LogP contribution in [0.1, 0.15) is 46.5 Å². The van der Waals surface area contributed by atoms with Crippen LogP contribution in [0.15, 0.2) is 0 Å². The van der Waals surface area contributed by atoms with E-state index >= 15 is 0 Å². The molecule has 3 atom stereocenters. The fourth-order valence-corrected chi connectivity index (χ4v) is 3.04. The van der Waals surface area contributed by atoms with E-state index in [-0.39, 0.29) is 0 Å². The lowest BCUT2D eigenvalue weighted by Gasteiger charge is -2.32. The van der Waals surface area contributed by atoms with Gasteiger partial charge in [-0.15, -0.1) is 0 Å². The van der Waals surface area contributed by atoms with Gasteiger partial charge in [-0.25, -0.2) is 0 Å². The Balaban J connectivity index is 1.85. The molecule has 1 saturated carbocycles. The molecule has 1 aliphatic carbocycles. The largest absolute Gasteiger partial charge is 0.381 e. The van der Waals surface area contributed by atoms with Gasteiger partial charge in [-0.2, -0.15) is 0 Å². The lowest BCUT2D eigenvalue weighted by Crippen LogP contribution is -2.45. The average molecular weight is 211 g/mol. The van der Waals surface area contributed by atoms with Crippen LogP contribution in [-0.2, 0) is 4.74 Å². The minimum absolute atomic E-state index is 0.494. The maximum absolute atomic E-state index is 5.45. The average Bonchev–Trinajstić information content (AvgIpc) is 2.76. The van der Waals surface area contributed by atoms with Crippen LogP contribution >= 0.6 is 0 Å². The first-order valence-corrected chi connectivity index (χ1v) is 6.43.